The average molecular weight is 346 g/mol. The number of nitrogens with one attached hydrogen (secondary N) is 2. The van der Waals surface area contributed by atoms with Crippen molar-refractivity contribution in [3.05, 3.63) is 72.3 Å². The Morgan fingerprint density at radius 2 is 1.54 bits per heavy atom. The van der Waals surface area contributed by atoms with Crippen molar-refractivity contribution < 1.29 is 0 Å². The summed E-state index contributed by atoms with van der Waals surface area (Å²) in [5.41, 5.74) is 3.35. The van der Waals surface area contributed by atoms with Gasteiger partial charge in [0.05, 0.1) is 5.69 Å². The fourth-order valence-electron chi connectivity index (χ4n) is 2.73. The first-order valence-corrected chi connectivity index (χ1v) is 9.31. The molecule has 3 rings (SSSR count). The molecule has 0 saturated heterocycles. The highest BCUT2D eigenvalue weighted by atomic mass is 15.1. The van der Waals surface area contributed by atoms with E-state index in [0.717, 1.165) is 49.4 Å². The molecule has 0 spiro atoms. The van der Waals surface area contributed by atoms with E-state index in [-0.39, 0.29) is 0 Å². The molecule has 0 radical (unpaired) electrons. The lowest BCUT2D eigenvalue weighted by Gasteiger charge is -2.11. The molecule has 0 saturated carbocycles. The first-order chi connectivity index (χ1) is 12.8. The zero-order valence-electron chi connectivity index (χ0n) is 15.3. The van der Waals surface area contributed by atoms with Crippen LogP contribution in [0.25, 0.3) is 11.3 Å². The molecule has 1 aromatic heterocycles. The average Bonchev–Trinajstić information content (AvgIpc) is 2.70. The van der Waals surface area contributed by atoms with Gasteiger partial charge in [0, 0.05) is 24.7 Å². The summed E-state index contributed by atoms with van der Waals surface area (Å²) in [6.07, 6.45) is 3.22. The van der Waals surface area contributed by atoms with Gasteiger partial charge in [-0.15, -0.1) is 0 Å². The molecule has 0 unspecified atom stereocenters. The Hall–Kier alpha value is -2.88. The zero-order valence-corrected chi connectivity index (χ0v) is 15.3. The van der Waals surface area contributed by atoms with Crippen LogP contribution in [0.5, 0.6) is 0 Å². The second-order valence-electron chi connectivity index (χ2n) is 6.27. The van der Waals surface area contributed by atoms with E-state index >= 15 is 0 Å². The molecule has 134 valence electrons. The number of unbranched alkanes of at least 4 members (excludes halogenated alkanes) is 1. The largest absolute Gasteiger partial charge is 0.370 e. The number of nitrogens with zero attached hydrogens (tertiary/aromatic N) is 2. The molecule has 4 heteroatoms. The van der Waals surface area contributed by atoms with Crippen LogP contribution in [-0.2, 0) is 6.42 Å². The highest BCUT2D eigenvalue weighted by molar-refractivity contribution is 5.64. The highest BCUT2D eigenvalue weighted by Gasteiger charge is 2.06. The zero-order chi connectivity index (χ0) is 18.0. The first-order valence-electron chi connectivity index (χ1n) is 9.31. The predicted molar refractivity (Wildman–Crippen MR) is 110 cm³/mol. The van der Waals surface area contributed by atoms with Gasteiger partial charge in [0.25, 0.3) is 0 Å². The Bertz CT molecular complexity index is 788. The van der Waals surface area contributed by atoms with E-state index < -0.39 is 0 Å². The minimum Gasteiger partial charge on any atom is -0.370 e. The van der Waals surface area contributed by atoms with Gasteiger partial charge in [-0.05, 0) is 18.4 Å². The maximum atomic E-state index is 4.68. The third-order valence-electron chi connectivity index (χ3n) is 4.17. The molecular weight excluding hydrogens is 320 g/mol. The van der Waals surface area contributed by atoms with Crippen LogP contribution >= 0.6 is 0 Å². The summed E-state index contributed by atoms with van der Waals surface area (Å²) in [6.45, 7) is 3.90. The molecular formula is C22H26N4. The van der Waals surface area contributed by atoms with Gasteiger partial charge < -0.3 is 10.6 Å². The fourth-order valence-corrected chi connectivity index (χ4v) is 2.73. The molecule has 1 heterocycles. The van der Waals surface area contributed by atoms with Gasteiger partial charge in [0.2, 0.25) is 5.95 Å². The van der Waals surface area contributed by atoms with E-state index in [0.29, 0.717) is 5.95 Å². The number of benzene rings is 2. The van der Waals surface area contributed by atoms with E-state index in [9.17, 15) is 0 Å². The van der Waals surface area contributed by atoms with Gasteiger partial charge in [-0.25, -0.2) is 4.98 Å². The molecule has 0 bridgehead atoms. The van der Waals surface area contributed by atoms with E-state index in [1.54, 1.807) is 0 Å². The van der Waals surface area contributed by atoms with Gasteiger partial charge in [-0.2, -0.15) is 4.98 Å². The fraction of sp³-hybridized carbons (Fsp3) is 0.273. The summed E-state index contributed by atoms with van der Waals surface area (Å²) < 4.78 is 0. The van der Waals surface area contributed by atoms with Crippen molar-refractivity contribution in [2.24, 2.45) is 0 Å². The monoisotopic (exact) mass is 346 g/mol. The Morgan fingerprint density at radius 3 is 2.27 bits per heavy atom. The highest BCUT2D eigenvalue weighted by Crippen LogP contribution is 2.21. The van der Waals surface area contributed by atoms with Crippen molar-refractivity contribution in [1.82, 2.24) is 9.97 Å². The van der Waals surface area contributed by atoms with Crippen LogP contribution in [-0.4, -0.2) is 23.1 Å². The van der Waals surface area contributed by atoms with Gasteiger partial charge in [0.15, 0.2) is 0 Å². The van der Waals surface area contributed by atoms with Crippen molar-refractivity contribution in [3.63, 3.8) is 0 Å². The van der Waals surface area contributed by atoms with E-state index in [1.165, 1.54) is 5.56 Å². The second-order valence-corrected chi connectivity index (χ2v) is 6.27. The van der Waals surface area contributed by atoms with E-state index in [4.69, 9.17) is 0 Å². The van der Waals surface area contributed by atoms with E-state index in [2.05, 4.69) is 63.9 Å². The Morgan fingerprint density at radius 1 is 0.808 bits per heavy atom. The van der Waals surface area contributed by atoms with Crippen molar-refractivity contribution in [3.8, 4) is 11.3 Å². The molecule has 0 aliphatic rings. The minimum absolute atomic E-state index is 0.682. The summed E-state index contributed by atoms with van der Waals surface area (Å²) in [7, 11) is 0. The lowest BCUT2D eigenvalue weighted by molar-refractivity contribution is 0.826. The molecule has 0 aliphatic heterocycles. The Balaban J connectivity index is 1.73. The maximum Gasteiger partial charge on any atom is 0.225 e. The Labute approximate surface area is 155 Å². The third kappa shape index (κ3) is 5.31. The quantitative estimate of drug-likeness (QED) is 0.535. The molecule has 2 aromatic carbocycles. The van der Waals surface area contributed by atoms with Crippen molar-refractivity contribution >= 4 is 11.8 Å². The smallest absolute Gasteiger partial charge is 0.225 e. The first kappa shape index (κ1) is 17.9. The predicted octanol–water partition coefficient (Wildman–Crippen LogP) is 5.01. The van der Waals surface area contributed by atoms with Crippen molar-refractivity contribution in [1.29, 1.82) is 0 Å². The normalized spacial score (nSPS) is 10.5. The molecule has 0 atom stereocenters. The standard InChI is InChI=1S/C22H26N4/c1-2-3-15-24-22-25-20(19-12-8-5-9-13-19)17-21(26-22)23-16-14-18-10-6-4-7-11-18/h4-13,17H,2-3,14-16H2,1H3,(H2,23,24,25,26). The van der Waals surface area contributed by atoms with Crippen LogP contribution < -0.4 is 10.6 Å². The van der Waals surface area contributed by atoms with Gasteiger partial charge in [-0.1, -0.05) is 74.0 Å². The van der Waals surface area contributed by atoms with Crippen molar-refractivity contribution in [2.45, 2.75) is 26.2 Å². The topological polar surface area (TPSA) is 49.8 Å². The number of anilines is 2. The number of hydrogen-bond acceptors (Lipinski definition) is 4. The maximum absolute atomic E-state index is 4.68. The van der Waals surface area contributed by atoms with Gasteiger partial charge in [0.1, 0.15) is 5.82 Å². The Kier molecular flexibility index (Phi) is 6.59. The third-order valence-corrected chi connectivity index (χ3v) is 4.17. The molecule has 3 aromatic rings. The van der Waals surface area contributed by atoms with Crippen LogP contribution in [0.3, 0.4) is 0 Å². The summed E-state index contributed by atoms with van der Waals surface area (Å²) in [5, 5.41) is 6.79. The SMILES string of the molecule is CCCCNc1nc(NCCc2ccccc2)cc(-c2ccccc2)n1. The van der Waals surface area contributed by atoms with E-state index in [1.807, 2.05) is 30.3 Å². The van der Waals surface area contributed by atoms with Crippen LogP contribution in [0, 0.1) is 0 Å². The van der Waals surface area contributed by atoms with Crippen LogP contribution in [0.15, 0.2) is 66.7 Å². The lowest BCUT2D eigenvalue weighted by Crippen LogP contribution is -2.10. The second kappa shape index (κ2) is 9.56. The molecule has 2 N–H and O–H groups in total. The lowest BCUT2D eigenvalue weighted by atomic mass is 10.1. The molecule has 0 fully saturated rings. The summed E-state index contributed by atoms with van der Waals surface area (Å²) in [4.78, 5) is 9.31. The summed E-state index contributed by atoms with van der Waals surface area (Å²) in [6, 6.07) is 22.7. The molecule has 26 heavy (non-hydrogen) atoms. The molecule has 0 aliphatic carbocycles. The van der Waals surface area contributed by atoms with Gasteiger partial charge >= 0.3 is 0 Å². The minimum atomic E-state index is 0.682. The number of aromatic nitrogens is 2. The molecule has 4 nitrogen and oxygen atoms in total. The summed E-state index contributed by atoms with van der Waals surface area (Å²) in [5.74, 6) is 1.54. The summed E-state index contributed by atoms with van der Waals surface area (Å²) >= 11 is 0. The van der Waals surface area contributed by atoms with Crippen molar-refractivity contribution in [2.75, 3.05) is 23.7 Å². The number of hydrogen-bond donors (Lipinski definition) is 2. The number of rotatable bonds is 9. The van der Waals surface area contributed by atoms with Gasteiger partial charge in [-0.3, -0.25) is 0 Å². The van der Waals surface area contributed by atoms with Crippen LogP contribution in [0.4, 0.5) is 11.8 Å². The van der Waals surface area contributed by atoms with Crippen LogP contribution in [0.1, 0.15) is 25.3 Å². The molecule has 0 amide bonds. The van der Waals surface area contributed by atoms with Crippen LogP contribution in [0.2, 0.25) is 0 Å².